The fourth-order valence-corrected chi connectivity index (χ4v) is 2.77. The number of azo groups is 2. The van der Waals surface area contributed by atoms with Crippen molar-refractivity contribution in [1.29, 1.82) is 21.0 Å². The second-order valence-electron chi connectivity index (χ2n) is 11.2. The summed E-state index contributed by atoms with van der Waals surface area (Å²) in [5.74, 6) is 0.867. The standard InChI is InChI=1S/C14H24N4.C12H20N4/c1-11(2)7-13(5,9-15)17-18-14(6,10-16)8-12(3)4;1-9(2)11(5,7-13)15-16-12(6,8-14)10(3)4/h11-12H,7-8H2,1-6H3;9-10H,1-6H3. The molecule has 0 heterocycles. The van der Waals surface area contributed by atoms with E-state index in [1.807, 2.05) is 55.4 Å². The minimum atomic E-state index is -0.854. The molecule has 0 aromatic heterocycles. The summed E-state index contributed by atoms with van der Waals surface area (Å²) in [6.45, 7) is 22.9. The third kappa shape index (κ3) is 11.3. The van der Waals surface area contributed by atoms with E-state index >= 15 is 0 Å². The van der Waals surface area contributed by atoms with Crippen LogP contribution in [0.4, 0.5) is 0 Å². The third-order valence-corrected chi connectivity index (χ3v) is 5.75. The van der Waals surface area contributed by atoms with Gasteiger partial charge in [0.25, 0.3) is 0 Å². The van der Waals surface area contributed by atoms with Crippen LogP contribution in [0.3, 0.4) is 0 Å². The van der Waals surface area contributed by atoms with Gasteiger partial charge in [0.1, 0.15) is 0 Å². The molecule has 188 valence electrons. The molecule has 0 fully saturated rings. The van der Waals surface area contributed by atoms with Crippen LogP contribution in [0.2, 0.25) is 0 Å². The first-order valence-corrected chi connectivity index (χ1v) is 11.9. The first-order valence-electron chi connectivity index (χ1n) is 11.9. The van der Waals surface area contributed by atoms with Crippen LogP contribution in [-0.4, -0.2) is 22.2 Å². The minimum Gasteiger partial charge on any atom is -0.196 e. The predicted molar refractivity (Wildman–Crippen MR) is 134 cm³/mol. The van der Waals surface area contributed by atoms with Crippen molar-refractivity contribution in [1.82, 2.24) is 0 Å². The van der Waals surface area contributed by atoms with Crippen molar-refractivity contribution in [2.75, 3.05) is 0 Å². The van der Waals surface area contributed by atoms with Crippen LogP contribution in [-0.2, 0) is 0 Å². The lowest BCUT2D eigenvalue weighted by molar-refractivity contribution is 0.357. The second kappa shape index (κ2) is 13.8. The lowest BCUT2D eigenvalue weighted by Crippen LogP contribution is -2.31. The zero-order valence-electron chi connectivity index (χ0n) is 23.3. The fourth-order valence-electron chi connectivity index (χ4n) is 2.77. The van der Waals surface area contributed by atoms with E-state index in [0.717, 1.165) is 0 Å². The largest absolute Gasteiger partial charge is 0.196 e. The van der Waals surface area contributed by atoms with Gasteiger partial charge in [-0.25, -0.2) is 0 Å². The number of hydrogen-bond acceptors (Lipinski definition) is 8. The quantitative estimate of drug-likeness (QED) is 0.307. The van der Waals surface area contributed by atoms with Gasteiger partial charge in [-0.3, -0.25) is 0 Å². The lowest BCUT2D eigenvalue weighted by atomic mass is 9.90. The van der Waals surface area contributed by atoms with E-state index in [1.165, 1.54) is 0 Å². The monoisotopic (exact) mass is 468 g/mol. The summed E-state index contributed by atoms with van der Waals surface area (Å²) in [7, 11) is 0. The second-order valence-corrected chi connectivity index (χ2v) is 11.2. The Morgan fingerprint density at radius 2 is 0.765 bits per heavy atom. The summed E-state index contributed by atoms with van der Waals surface area (Å²) in [6.07, 6.45) is 1.30. The van der Waals surface area contributed by atoms with Gasteiger partial charge in [0.2, 0.25) is 0 Å². The van der Waals surface area contributed by atoms with Crippen molar-refractivity contribution in [2.24, 2.45) is 44.1 Å². The fraction of sp³-hybridized carbons (Fsp3) is 0.846. The first kappa shape index (κ1) is 33.3. The highest BCUT2D eigenvalue weighted by atomic mass is 15.2. The molecule has 0 aromatic carbocycles. The summed E-state index contributed by atoms with van der Waals surface area (Å²) in [5, 5.41) is 53.0. The maximum atomic E-state index is 9.20. The predicted octanol–water partition coefficient (Wildman–Crippen LogP) is 7.41. The molecule has 8 heteroatoms. The lowest BCUT2D eigenvalue weighted by Gasteiger charge is -2.24. The van der Waals surface area contributed by atoms with Crippen molar-refractivity contribution in [3.8, 4) is 24.3 Å². The third-order valence-electron chi connectivity index (χ3n) is 5.75. The van der Waals surface area contributed by atoms with Gasteiger partial charge in [-0.1, -0.05) is 55.4 Å². The molecule has 0 saturated heterocycles. The van der Waals surface area contributed by atoms with E-state index in [9.17, 15) is 10.5 Å². The summed E-state index contributed by atoms with van der Waals surface area (Å²) in [6, 6.07) is 8.67. The van der Waals surface area contributed by atoms with Crippen LogP contribution in [0.25, 0.3) is 0 Å². The maximum Gasteiger partial charge on any atom is 0.167 e. The summed E-state index contributed by atoms with van der Waals surface area (Å²) >= 11 is 0. The highest BCUT2D eigenvalue weighted by Gasteiger charge is 2.33. The van der Waals surface area contributed by atoms with Crippen LogP contribution >= 0.6 is 0 Å². The molecule has 0 rings (SSSR count). The van der Waals surface area contributed by atoms with Gasteiger partial charge in [0.05, 0.1) is 24.3 Å². The smallest absolute Gasteiger partial charge is 0.167 e. The Kier molecular flexibility index (Phi) is 13.5. The van der Waals surface area contributed by atoms with Gasteiger partial charge in [0.15, 0.2) is 22.2 Å². The minimum absolute atomic E-state index is 0.0661. The Morgan fingerprint density at radius 1 is 0.500 bits per heavy atom. The van der Waals surface area contributed by atoms with Crippen molar-refractivity contribution in [3.05, 3.63) is 0 Å². The first-order chi connectivity index (χ1) is 15.4. The molecule has 0 aliphatic heterocycles. The SMILES string of the molecule is CC(C)C(C)(C#N)N=NC(C)(C#N)C(C)C.CC(C)CC(C)(C#N)N=NC(C)(C#N)CC(C)C. The highest BCUT2D eigenvalue weighted by molar-refractivity contribution is 5.10. The van der Waals surface area contributed by atoms with Crippen LogP contribution in [0, 0.1) is 69.0 Å². The van der Waals surface area contributed by atoms with Crippen molar-refractivity contribution < 1.29 is 0 Å². The van der Waals surface area contributed by atoms with E-state index in [1.54, 1.807) is 27.7 Å². The Hall–Kier alpha value is -2.84. The molecule has 4 atom stereocenters. The van der Waals surface area contributed by atoms with Crippen LogP contribution < -0.4 is 0 Å². The molecule has 8 nitrogen and oxygen atoms in total. The molecule has 0 saturated carbocycles. The molecular weight excluding hydrogens is 424 g/mol. The molecule has 34 heavy (non-hydrogen) atoms. The number of nitriles is 4. The van der Waals surface area contributed by atoms with E-state index < -0.39 is 22.2 Å². The Balaban J connectivity index is 0. The van der Waals surface area contributed by atoms with Crippen molar-refractivity contribution in [2.45, 2.75) is 118 Å². The van der Waals surface area contributed by atoms with Crippen molar-refractivity contribution >= 4 is 0 Å². The van der Waals surface area contributed by atoms with E-state index in [4.69, 9.17) is 10.5 Å². The normalized spacial score (nSPS) is 18.7. The molecule has 0 radical (unpaired) electrons. The molecular formula is C26H44N8. The summed E-state index contributed by atoms with van der Waals surface area (Å²) < 4.78 is 0. The Bertz CT molecular complexity index is 791. The summed E-state index contributed by atoms with van der Waals surface area (Å²) in [4.78, 5) is 0. The Morgan fingerprint density at radius 3 is 0.912 bits per heavy atom. The van der Waals surface area contributed by atoms with Gasteiger partial charge in [-0.05, 0) is 64.2 Å². The molecule has 4 unspecified atom stereocenters. The van der Waals surface area contributed by atoms with Crippen LogP contribution in [0.15, 0.2) is 20.5 Å². The van der Waals surface area contributed by atoms with E-state index in [-0.39, 0.29) is 11.8 Å². The Labute approximate surface area is 207 Å². The van der Waals surface area contributed by atoms with Gasteiger partial charge in [-0.15, -0.1) is 0 Å². The molecule has 0 amide bonds. The number of hydrogen-bond donors (Lipinski definition) is 0. The van der Waals surface area contributed by atoms with E-state index in [2.05, 4.69) is 44.7 Å². The van der Waals surface area contributed by atoms with Crippen molar-refractivity contribution in [3.63, 3.8) is 0 Å². The van der Waals surface area contributed by atoms with Crippen LogP contribution in [0.1, 0.15) is 95.9 Å². The molecule has 0 bridgehead atoms. The topological polar surface area (TPSA) is 145 Å². The number of rotatable bonds is 10. The zero-order valence-corrected chi connectivity index (χ0v) is 23.3. The van der Waals surface area contributed by atoms with E-state index in [0.29, 0.717) is 24.7 Å². The zero-order chi connectivity index (χ0) is 27.4. The number of nitrogens with zero attached hydrogens (tertiary/aromatic N) is 8. The van der Waals surface area contributed by atoms with Crippen LogP contribution in [0.5, 0.6) is 0 Å². The van der Waals surface area contributed by atoms with Gasteiger partial charge in [0, 0.05) is 0 Å². The van der Waals surface area contributed by atoms with Gasteiger partial charge in [-0.2, -0.15) is 41.5 Å². The average Bonchev–Trinajstić information content (AvgIpc) is 2.75. The molecule has 0 spiro atoms. The average molecular weight is 469 g/mol. The maximum absolute atomic E-state index is 9.20. The molecule has 0 aliphatic rings. The molecule has 0 N–H and O–H groups in total. The highest BCUT2D eigenvalue weighted by Crippen LogP contribution is 2.27. The molecule has 0 aliphatic carbocycles. The van der Waals surface area contributed by atoms with Gasteiger partial charge < -0.3 is 0 Å². The summed E-state index contributed by atoms with van der Waals surface area (Å²) in [5.41, 5.74) is -3.37. The van der Waals surface area contributed by atoms with Gasteiger partial charge >= 0.3 is 0 Å². The molecule has 0 aromatic rings.